The van der Waals surface area contributed by atoms with E-state index in [1.165, 1.54) is 16.4 Å². The molecule has 1 heterocycles. The predicted molar refractivity (Wildman–Crippen MR) is 50.1 cm³/mol. The molecule has 0 atom stereocenters. The Morgan fingerprint density at radius 3 is 2.50 bits per heavy atom. The normalized spacial score (nSPS) is 10.1. The lowest BCUT2D eigenvalue weighted by molar-refractivity contribution is 1.16. The standard InChI is InChI=1S/C9H8N2S/c1-7-9(10-11-12-7)8-5-3-2-4-6-8/h2-6H,1H3. The molecule has 0 radical (unpaired) electrons. The molecule has 0 aliphatic rings. The average molecular weight is 176 g/mol. The predicted octanol–water partition coefficient (Wildman–Crippen LogP) is 2.51. The molecule has 2 rings (SSSR count). The van der Waals surface area contributed by atoms with Gasteiger partial charge in [-0.3, -0.25) is 0 Å². The maximum atomic E-state index is 4.05. The second-order valence-electron chi connectivity index (χ2n) is 2.54. The van der Waals surface area contributed by atoms with Crippen molar-refractivity contribution in [2.75, 3.05) is 0 Å². The Bertz CT molecular complexity index is 367. The molecule has 60 valence electrons. The molecule has 3 heteroatoms. The van der Waals surface area contributed by atoms with Crippen LogP contribution in [0.5, 0.6) is 0 Å². The van der Waals surface area contributed by atoms with Gasteiger partial charge >= 0.3 is 0 Å². The van der Waals surface area contributed by atoms with Crippen LogP contribution in [0.25, 0.3) is 11.3 Å². The third kappa shape index (κ3) is 1.23. The lowest BCUT2D eigenvalue weighted by Gasteiger charge is -1.94. The summed E-state index contributed by atoms with van der Waals surface area (Å²) < 4.78 is 3.89. The van der Waals surface area contributed by atoms with E-state index in [9.17, 15) is 0 Å². The van der Waals surface area contributed by atoms with E-state index in [1.54, 1.807) is 0 Å². The Kier molecular flexibility index (Phi) is 1.87. The molecule has 0 saturated carbocycles. The van der Waals surface area contributed by atoms with Gasteiger partial charge in [0.1, 0.15) is 5.69 Å². The van der Waals surface area contributed by atoms with Crippen molar-refractivity contribution in [3.8, 4) is 11.3 Å². The largest absolute Gasteiger partial charge is 0.138 e. The topological polar surface area (TPSA) is 25.8 Å². The summed E-state index contributed by atoms with van der Waals surface area (Å²) in [6.45, 7) is 2.03. The summed E-state index contributed by atoms with van der Waals surface area (Å²) >= 11 is 1.44. The number of nitrogens with zero attached hydrogens (tertiary/aromatic N) is 2. The van der Waals surface area contributed by atoms with Gasteiger partial charge in [0.15, 0.2) is 0 Å². The first kappa shape index (κ1) is 7.43. The Balaban J connectivity index is 2.51. The Hall–Kier alpha value is -1.22. The lowest BCUT2D eigenvalue weighted by atomic mass is 10.1. The second-order valence-corrected chi connectivity index (χ2v) is 3.50. The van der Waals surface area contributed by atoms with Crippen LogP contribution in [0, 0.1) is 6.92 Å². The van der Waals surface area contributed by atoms with E-state index in [1.807, 2.05) is 37.3 Å². The van der Waals surface area contributed by atoms with Crippen LogP contribution in [-0.2, 0) is 0 Å². The molecule has 0 spiro atoms. The number of hydrogen-bond acceptors (Lipinski definition) is 3. The van der Waals surface area contributed by atoms with Gasteiger partial charge in [0.2, 0.25) is 0 Å². The van der Waals surface area contributed by atoms with Crippen LogP contribution >= 0.6 is 11.5 Å². The highest BCUT2D eigenvalue weighted by atomic mass is 32.1. The van der Waals surface area contributed by atoms with Crippen LogP contribution in [0.1, 0.15) is 4.88 Å². The Morgan fingerprint density at radius 1 is 1.17 bits per heavy atom. The van der Waals surface area contributed by atoms with E-state index in [0.717, 1.165) is 11.3 Å². The van der Waals surface area contributed by atoms with Crippen molar-refractivity contribution in [2.24, 2.45) is 0 Å². The zero-order valence-corrected chi connectivity index (χ0v) is 7.51. The minimum absolute atomic E-state index is 1.00. The van der Waals surface area contributed by atoms with E-state index in [2.05, 4.69) is 9.59 Å². The van der Waals surface area contributed by atoms with E-state index in [-0.39, 0.29) is 0 Å². The molecule has 1 aromatic carbocycles. The minimum atomic E-state index is 1.00. The van der Waals surface area contributed by atoms with Crippen LogP contribution in [0.4, 0.5) is 0 Å². The van der Waals surface area contributed by atoms with E-state index in [4.69, 9.17) is 0 Å². The van der Waals surface area contributed by atoms with Crippen molar-refractivity contribution < 1.29 is 0 Å². The minimum Gasteiger partial charge on any atom is -0.138 e. The first-order valence-electron chi connectivity index (χ1n) is 3.72. The van der Waals surface area contributed by atoms with Gasteiger partial charge in [-0.2, -0.15) is 0 Å². The molecule has 12 heavy (non-hydrogen) atoms. The molecule has 0 aliphatic carbocycles. The fraction of sp³-hybridized carbons (Fsp3) is 0.111. The Labute approximate surface area is 75.0 Å². The fourth-order valence-corrected chi connectivity index (χ4v) is 1.58. The zero-order valence-electron chi connectivity index (χ0n) is 6.69. The van der Waals surface area contributed by atoms with Crippen LogP contribution in [0.3, 0.4) is 0 Å². The highest BCUT2D eigenvalue weighted by Crippen LogP contribution is 2.21. The van der Waals surface area contributed by atoms with Gasteiger partial charge < -0.3 is 0 Å². The van der Waals surface area contributed by atoms with Crippen molar-refractivity contribution >= 4 is 11.5 Å². The van der Waals surface area contributed by atoms with Gasteiger partial charge in [0.25, 0.3) is 0 Å². The number of rotatable bonds is 1. The number of benzene rings is 1. The van der Waals surface area contributed by atoms with E-state index in [0.29, 0.717) is 0 Å². The molecule has 0 saturated heterocycles. The fourth-order valence-electron chi connectivity index (χ4n) is 1.09. The zero-order chi connectivity index (χ0) is 8.39. The van der Waals surface area contributed by atoms with Crippen LogP contribution in [-0.4, -0.2) is 9.59 Å². The van der Waals surface area contributed by atoms with E-state index < -0.39 is 0 Å². The van der Waals surface area contributed by atoms with Crippen molar-refractivity contribution in [3.63, 3.8) is 0 Å². The summed E-state index contributed by atoms with van der Waals surface area (Å²) in [5.41, 5.74) is 2.14. The molecule has 2 aromatic rings. The average Bonchev–Trinajstić information content (AvgIpc) is 2.53. The molecule has 0 aliphatic heterocycles. The summed E-state index contributed by atoms with van der Waals surface area (Å²) in [6, 6.07) is 10.1. The third-order valence-corrected chi connectivity index (χ3v) is 2.33. The summed E-state index contributed by atoms with van der Waals surface area (Å²) in [5, 5.41) is 4.05. The van der Waals surface area contributed by atoms with Crippen LogP contribution < -0.4 is 0 Å². The van der Waals surface area contributed by atoms with E-state index >= 15 is 0 Å². The van der Waals surface area contributed by atoms with Crippen molar-refractivity contribution in [2.45, 2.75) is 6.92 Å². The van der Waals surface area contributed by atoms with Gasteiger partial charge in [-0.25, -0.2) is 0 Å². The van der Waals surface area contributed by atoms with Crippen molar-refractivity contribution in [1.29, 1.82) is 0 Å². The van der Waals surface area contributed by atoms with Crippen LogP contribution in [0.2, 0.25) is 0 Å². The smallest absolute Gasteiger partial charge is 0.108 e. The molecular formula is C9H8N2S. The number of hydrogen-bond donors (Lipinski definition) is 0. The molecular weight excluding hydrogens is 168 g/mol. The summed E-state index contributed by atoms with van der Waals surface area (Å²) in [7, 11) is 0. The maximum Gasteiger partial charge on any atom is 0.108 e. The van der Waals surface area contributed by atoms with Crippen LogP contribution in [0.15, 0.2) is 30.3 Å². The second kappa shape index (κ2) is 3.03. The third-order valence-electron chi connectivity index (χ3n) is 1.70. The summed E-state index contributed by atoms with van der Waals surface area (Å²) in [6.07, 6.45) is 0. The number of aryl methyl sites for hydroxylation is 1. The summed E-state index contributed by atoms with van der Waals surface area (Å²) in [4.78, 5) is 1.17. The van der Waals surface area contributed by atoms with Gasteiger partial charge in [-0.1, -0.05) is 34.8 Å². The van der Waals surface area contributed by atoms with Gasteiger partial charge in [0, 0.05) is 5.56 Å². The van der Waals surface area contributed by atoms with Crippen molar-refractivity contribution in [3.05, 3.63) is 35.2 Å². The maximum absolute atomic E-state index is 4.05. The van der Waals surface area contributed by atoms with Gasteiger partial charge in [-0.15, -0.1) is 5.10 Å². The first-order chi connectivity index (χ1) is 5.88. The molecule has 1 aromatic heterocycles. The quantitative estimate of drug-likeness (QED) is 0.667. The molecule has 2 nitrogen and oxygen atoms in total. The highest BCUT2D eigenvalue weighted by Gasteiger charge is 2.03. The molecule has 0 amide bonds. The molecule has 0 bridgehead atoms. The number of aromatic nitrogens is 2. The molecule has 0 fully saturated rings. The summed E-state index contributed by atoms with van der Waals surface area (Å²) in [5.74, 6) is 0. The SMILES string of the molecule is Cc1snnc1-c1ccccc1. The highest BCUT2D eigenvalue weighted by molar-refractivity contribution is 7.05. The van der Waals surface area contributed by atoms with Gasteiger partial charge in [0.05, 0.1) is 4.88 Å². The molecule has 0 N–H and O–H groups in total. The van der Waals surface area contributed by atoms with Gasteiger partial charge in [-0.05, 0) is 18.5 Å². The lowest BCUT2D eigenvalue weighted by Crippen LogP contribution is -1.78. The van der Waals surface area contributed by atoms with Crippen molar-refractivity contribution in [1.82, 2.24) is 9.59 Å². The first-order valence-corrected chi connectivity index (χ1v) is 4.49. The molecule has 0 unspecified atom stereocenters. The Morgan fingerprint density at radius 2 is 1.92 bits per heavy atom. The monoisotopic (exact) mass is 176 g/mol.